The summed E-state index contributed by atoms with van der Waals surface area (Å²) in [6.45, 7) is 2.00. The van der Waals surface area contributed by atoms with Crippen LogP contribution in [0.1, 0.15) is 29.6 Å². The molecule has 2 aliphatic rings. The van der Waals surface area contributed by atoms with Crippen LogP contribution in [0, 0.1) is 0 Å². The number of nitrogens with zero attached hydrogens (tertiary/aromatic N) is 2. The summed E-state index contributed by atoms with van der Waals surface area (Å²) < 4.78 is 0. The number of para-hydroxylation sites is 1. The predicted molar refractivity (Wildman–Crippen MR) is 123 cm³/mol. The zero-order valence-electron chi connectivity index (χ0n) is 17.8. The number of hydrogen-bond donors (Lipinski definition) is 2. The maximum Gasteiger partial charge on any atom is 0.256 e. The molecule has 0 unspecified atom stereocenters. The van der Waals surface area contributed by atoms with Gasteiger partial charge in [-0.3, -0.25) is 14.4 Å². The highest BCUT2D eigenvalue weighted by Crippen LogP contribution is 2.31. The van der Waals surface area contributed by atoms with Crippen LogP contribution >= 0.6 is 0 Å². The van der Waals surface area contributed by atoms with Crippen LogP contribution in [0.3, 0.4) is 0 Å². The molecule has 2 amide bonds. The van der Waals surface area contributed by atoms with Gasteiger partial charge >= 0.3 is 0 Å². The number of carbonyl (C=O) groups excluding carboxylic acids is 2. The van der Waals surface area contributed by atoms with Gasteiger partial charge in [0.05, 0.1) is 5.54 Å². The molecule has 5 rings (SSSR count). The molecule has 32 heavy (non-hydrogen) atoms. The van der Waals surface area contributed by atoms with Gasteiger partial charge in [0.15, 0.2) is 0 Å². The molecule has 1 aliphatic heterocycles. The summed E-state index contributed by atoms with van der Waals surface area (Å²) in [5, 5.41) is 0.954. The van der Waals surface area contributed by atoms with Crippen molar-refractivity contribution < 1.29 is 9.59 Å². The van der Waals surface area contributed by atoms with Gasteiger partial charge in [-0.05, 0) is 54.5 Å². The minimum atomic E-state index is -0.692. The molecule has 1 saturated heterocycles. The topological polar surface area (TPSA) is 99.5 Å². The average Bonchev–Trinajstić information content (AvgIpc) is 2.81. The zero-order valence-corrected chi connectivity index (χ0v) is 17.8. The molecule has 3 N–H and O–H groups in total. The molecule has 0 atom stereocenters. The van der Waals surface area contributed by atoms with E-state index in [-0.39, 0.29) is 17.4 Å². The van der Waals surface area contributed by atoms with Crippen LogP contribution in [0.2, 0.25) is 0 Å². The maximum absolute atomic E-state index is 13.0. The molecule has 7 heteroatoms. The summed E-state index contributed by atoms with van der Waals surface area (Å²) in [4.78, 5) is 44.5. The summed E-state index contributed by atoms with van der Waals surface area (Å²) in [5.41, 5.74) is 8.02. The first-order valence-corrected chi connectivity index (χ1v) is 11.0. The molecular weight excluding hydrogens is 404 g/mol. The third kappa shape index (κ3) is 3.58. The van der Waals surface area contributed by atoms with E-state index in [2.05, 4.69) is 4.98 Å². The summed E-state index contributed by atoms with van der Waals surface area (Å²) in [7, 11) is 0. The smallest absolute Gasteiger partial charge is 0.256 e. The van der Waals surface area contributed by atoms with Crippen molar-refractivity contribution in [2.24, 2.45) is 5.73 Å². The Morgan fingerprint density at radius 2 is 1.56 bits per heavy atom. The lowest BCUT2D eigenvalue weighted by Crippen LogP contribution is -2.62. The molecule has 1 saturated carbocycles. The van der Waals surface area contributed by atoms with Gasteiger partial charge in [-0.1, -0.05) is 30.3 Å². The zero-order chi connectivity index (χ0) is 22.3. The fourth-order valence-electron chi connectivity index (χ4n) is 4.54. The van der Waals surface area contributed by atoms with Gasteiger partial charge in [0.2, 0.25) is 5.91 Å². The Bertz CT molecular complexity index is 1240. The quantitative estimate of drug-likeness (QED) is 0.666. The van der Waals surface area contributed by atoms with Crippen molar-refractivity contribution in [3.63, 3.8) is 0 Å². The molecule has 0 radical (unpaired) electrons. The Labute approximate surface area is 185 Å². The van der Waals surface area contributed by atoms with E-state index in [0.717, 1.165) is 35.7 Å². The highest BCUT2D eigenvalue weighted by Gasteiger charge is 2.43. The molecule has 0 spiro atoms. The summed E-state index contributed by atoms with van der Waals surface area (Å²) in [6, 6.07) is 16.6. The molecule has 2 aromatic carbocycles. The highest BCUT2D eigenvalue weighted by molar-refractivity contribution is 5.95. The maximum atomic E-state index is 13.0. The number of amides is 2. The second-order valence-electron chi connectivity index (χ2n) is 8.77. The van der Waals surface area contributed by atoms with Crippen LogP contribution < -0.4 is 11.3 Å². The van der Waals surface area contributed by atoms with Crippen LogP contribution in [0.4, 0.5) is 0 Å². The number of carbonyl (C=O) groups is 2. The van der Waals surface area contributed by atoms with Crippen LogP contribution in [0.25, 0.3) is 22.0 Å². The van der Waals surface area contributed by atoms with Gasteiger partial charge < -0.3 is 20.5 Å². The van der Waals surface area contributed by atoms with Gasteiger partial charge in [-0.25, -0.2) is 0 Å². The SMILES string of the molecule is NC1(C(=O)N2CCN(C(=O)c3ccc(-c4cc5ccccc5[nH]c4=O)cc3)CC2)CCC1. The molecule has 0 bridgehead atoms. The Hall–Kier alpha value is -3.45. The number of benzene rings is 2. The largest absolute Gasteiger partial charge is 0.338 e. The van der Waals surface area contributed by atoms with Gasteiger partial charge in [0.25, 0.3) is 11.5 Å². The van der Waals surface area contributed by atoms with Gasteiger partial charge in [0.1, 0.15) is 0 Å². The van der Waals surface area contributed by atoms with Crippen molar-refractivity contribution in [2.75, 3.05) is 26.2 Å². The molecule has 2 heterocycles. The van der Waals surface area contributed by atoms with Crippen LogP contribution in [-0.4, -0.2) is 58.3 Å². The van der Waals surface area contributed by atoms with Crippen molar-refractivity contribution in [1.29, 1.82) is 0 Å². The second-order valence-corrected chi connectivity index (χ2v) is 8.77. The number of H-pyrrole nitrogens is 1. The summed E-state index contributed by atoms with van der Waals surface area (Å²) in [6.07, 6.45) is 2.50. The van der Waals surface area contributed by atoms with E-state index in [4.69, 9.17) is 5.73 Å². The number of pyridine rings is 1. The molecule has 7 nitrogen and oxygen atoms in total. The second kappa shape index (κ2) is 7.91. The number of aromatic nitrogens is 1. The van der Waals surface area contributed by atoms with Crippen molar-refractivity contribution in [3.05, 3.63) is 70.5 Å². The molecule has 2 fully saturated rings. The number of aromatic amines is 1. The standard InChI is InChI=1S/C25H26N4O3/c26-25(10-3-11-25)24(32)29-14-12-28(13-15-29)23(31)18-8-6-17(7-9-18)20-16-19-4-1-2-5-21(19)27-22(20)30/h1-2,4-9,16H,3,10-15,26H2,(H,27,30). The Balaban J connectivity index is 1.28. The van der Waals surface area contributed by atoms with E-state index in [1.807, 2.05) is 30.3 Å². The Morgan fingerprint density at radius 3 is 2.22 bits per heavy atom. The van der Waals surface area contributed by atoms with E-state index in [1.165, 1.54) is 0 Å². The number of piperazine rings is 1. The minimum absolute atomic E-state index is 0.0146. The van der Waals surface area contributed by atoms with Gasteiger partial charge in [-0.15, -0.1) is 0 Å². The first-order chi connectivity index (χ1) is 15.4. The monoisotopic (exact) mass is 430 g/mol. The highest BCUT2D eigenvalue weighted by atomic mass is 16.2. The number of hydrogen-bond acceptors (Lipinski definition) is 4. The minimum Gasteiger partial charge on any atom is -0.338 e. The lowest BCUT2D eigenvalue weighted by Gasteiger charge is -2.43. The van der Waals surface area contributed by atoms with Gasteiger partial charge in [-0.2, -0.15) is 0 Å². The fraction of sp³-hybridized carbons (Fsp3) is 0.320. The lowest BCUT2D eigenvalue weighted by molar-refractivity contribution is -0.141. The van der Waals surface area contributed by atoms with E-state index >= 15 is 0 Å². The summed E-state index contributed by atoms with van der Waals surface area (Å²) in [5.74, 6) is -0.0528. The Kier molecular flexibility index (Phi) is 5.06. The first-order valence-electron chi connectivity index (χ1n) is 11.0. The lowest BCUT2D eigenvalue weighted by atomic mass is 9.76. The molecular formula is C25H26N4O3. The normalized spacial score (nSPS) is 17.8. The van der Waals surface area contributed by atoms with Crippen molar-refractivity contribution >= 4 is 22.7 Å². The average molecular weight is 431 g/mol. The Morgan fingerprint density at radius 1 is 0.906 bits per heavy atom. The molecule has 3 aromatic rings. The van der Waals surface area contributed by atoms with E-state index in [9.17, 15) is 14.4 Å². The van der Waals surface area contributed by atoms with Crippen LogP contribution in [0.5, 0.6) is 0 Å². The third-order valence-corrected chi connectivity index (χ3v) is 6.72. The molecule has 164 valence electrons. The van der Waals surface area contributed by atoms with Crippen molar-refractivity contribution in [3.8, 4) is 11.1 Å². The van der Waals surface area contributed by atoms with E-state index < -0.39 is 5.54 Å². The molecule has 1 aromatic heterocycles. The first kappa shape index (κ1) is 20.5. The number of nitrogens with one attached hydrogen (secondary N) is 1. The van der Waals surface area contributed by atoms with Crippen LogP contribution in [-0.2, 0) is 4.79 Å². The number of rotatable bonds is 3. The van der Waals surface area contributed by atoms with Gasteiger partial charge in [0, 0.05) is 42.8 Å². The van der Waals surface area contributed by atoms with Crippen molar-refractivity contribution in [2.45, 2.75) is 24.8 Å². The summed E-state index contributed by atoms with van der Waals surface area (Å²) >= 11 is 0. The number of fused-ring (bicyclic) bond motifs is 1. The van der Waals surface area contributed by atoms with E-state index in [1.54, 1.807) is 34.1 Å². The van der Waals surface area contributed by atoms with Crippen LogP contribution in [0.15, 0.2) is 59.4 Å². The third-order valence-electron chi connectivity index (χ3n) is 6.72. The fourth-order valence-corrected chi connectivity index (χ4v) is 4.54. The number of nitrogens with two attached hydrogens (primary N) is 1. The molecule has 1 aliphatic carbocycles. The van der Waals surface area contributed by atoms with E-state index in [0.29, 0.717) is 37.3 Å². The predicted octanol–water partition coefficient (Wildman–Crippen LogP) is 2.36. The van der Waals surface area contributed by atoms with Crippen molar-refractivity contribution in [1.82, 2.24) is 14.8 Å².